The van der Waals surface area contributed by atoms with Gasteiger partial charge >= 0.3 is 6.03 Å². The first kappa shape index (κ1) is 16.5. The van der Waals surface area contributed by atoms with Gasteiger partial charge in [0.1, 0.15) is 6.33 Å². The first-order valence-electron chi connectivity index (χ1n) is 7.45. The molecule has 1 aromatic carbocycles. The van der Waals surface area contributed by atoms with E-state index in [1.165, 1.54) is 0 Å². The molecule has 0 aliphatic carbocycles. The predicted octanol–water partition coefficient (Wildman–Crippen LogP) is 2.50. The van der Waals surface area contributed by atoms with Gasteiger partial charge in [-0.1, -0.05) is 12.1 Å². The van der Waals surface area contributed by atoms with E-state index in [1.54, 1.807) is 29.9 Å². The van der Waals surface area contributed by atoms with Crippen molar-refractivity contribution in [3.63, 3.8) is 0 Å². The molecule has 0 saturated carbocycles. The summed E-state index contributed by atoms with van der Waals surface area (Å²) in [5.41, 5.74) is 1.50. The summed E-state index contributed by atoms with van der Waals surface area (Å²) in [7, 11) is 1.80. The molecule has 7 nitrogen and oxygen atoms in total. The summed E-state index contributed by atoms with van der Waals surface area (Å²) in [6, 6.07) is 9.29. The lowest BCUT2D eigenvalue weighted by Crippen LogP contribution is -2.37. The van der Waals surface area contributed by atoms with E-state index in [2.05, 4.69) is 21.5 Å². The minimum atomic E-state index is -0.222. The number of rotatable bonds is 5. The van der Waals surface area contributed by atoms with Crippen LogP contribution in [0.1, 0.15) is 13.8 Å². The van der Waals surface area contributed by atoms with Crippen molar-refractivity contribution in [2.45, 2.75) is 13.8 Å². The zero-order chi connectivity index (χ0) is 16.8. The number of nitrogens with one attached hydrogen (secondary N) is 1. The highest BCUT2D eigenvalue weighted by Crippen LogP contribution is 2.19. The average molecular weight is 312 g/mol. The second kappa shape index (κ2) is 7.40. The summed E-state index contributed by atoms with van der Waals surface area (Å²) < 4.78 is 1.63. The van der Waals surface area contributed by atoms with Crippen molar-refractivity contribution < 1.29 is 4.79 Å². The Morgan fingerprint density at radius 3 is 2.91 bits per heavy atom. The number of urea groups is 1. The third-order valence-electron chi connectivity index (χ3n) is 3.36. The molecular weight excluding hydrogens is 292 g/mol. The number of aryl methyl sites for hydroxylation is 1. The summed E-state index contributed by atoms with van der Waals surface area (Å²) in [5.74, 6) is 0.402. The summed E-state index contributed by atoms with van der Waals surface area (Å²) >= 11 is 0. The number of hydrogen-bond acceptors (Lipinski definition) is 4. The minimum absolute atomic E-state index is 0.204. The van der Waals surface area contributed by atoms with Crippen LogP contribution >= 0.6 is 0 Å². The Bertz CT molecular complexity index is 717. The van der Waals surface area contributed by atoms with Crippen molar-refractivity contribution in [3.05, 3.63) is 30.6 Å². The van der Waals surface area contributed by atoms with Crippen molar-refractivity contribution in [2.75, 3.05) is 18.4 Å². The van der Waals surface area contributed by atoms with Gasteiger partial charge < -0.3 is 10.2 Å². The fourth-order valence-electron chi connectivity index (χ4n) is 2.14. The molecule has 0 unspecified atom stereocenters. The minimum Gasteiger partial charge on any atom is -0.324 e. The third-order valence-corrected chi connectivity index (χ3v) is 3.36. The van der Waals surface area contributed by atoms with E-state index in [-0.39, 0.29) is 11.9 Å². The van der Waals surface area contributed by atoms with E-state index >= 15 is 0 Å². The Labute approximate surface area is 135 Å². The average Bonchev–Trinajstić information content (AvgIpc) is 2.99. The van der Waals surface area contributed by atoms with Crippen molar-refractivity contribution in [1.82, 2.24) is 19.7 Å². The largest absolute Gasteiger partial charge is 0.324 e. The quantitative estimate of drug-likeness (QED) is 0.919. The summed E-state index contributed by atoms with van der Waals surface area (Å²) in [4.78, 5) is 18.1. The van der Waals surface area contributed by atoms with E-state index in [1.807, 2.05) is 31.2 Å². The Morgan fingerprint density at radius 1 is 1.52 bits per heavy atom. The van der Waals surface area contributed by atoms with Gasteiger partial charge in [0.15, 0.2) is 5.82 Å². The lowest BCUT2D eigenvalue weighted by atomic mass is 10.2. The number of hydrogen-bond donors (Lipinski definition) is 1. The van der Waals surface area contributed by atoms with Crippen molar-refractivity contribution >= 4 is 11.7 Å². The number of aromatic nitrogens is 3. The van der Waals surface area contributed by atoms with E-state index < -0.39 is 0 Å². The summed E-state index contributed by atoms with van der Waals surface area (Å²) in [5, 5.41) is 16.0. The van der Waals surface area contributed by atoms with E-state index in [0.29, 0.717) is 24.6 Å². The number of anilines is 1. The molecule has 0 aliphatic heterocycles. The molecule has 23 heavy (non-hydrogen) atoms. The Hall–Kier alpha value is -2.88. The van der Waals surface area contributed by atoms with Crippen LogP contribution < -0.4 is 5.32 Å². The molecule has 0 fully saturated rings. The lowest BCUT2D eigenvalue weighted by molar-refractivity contribution is 0.210. The topological polar surface area (TPSA) is 86.8 Å². The third kappa shape index (κ3) is 4.30. The SMILES string of the molecule is CCN(C[C@H](C)C#N)C(=O)Nc1cccc(-c2ncn(C)n2)c1. The Balaban J connectivity index is 2.10. The van der Waals surface area contributed by atoms with Crippen molar-refractivity contribution in [1.29, 1.82) is 5.26 Å². The van der Waals surface area contributed by atoms with Crippen LogP contribution in [0.5, 0.6) is 0 Å². The van der Waals surface area contributed by atoms with Crippen LogP contribution in [0.4, 0.5) is 10.5 Å². The van der Waals surface area contributed by atoms with Crippen LogP contribution in [0.15, 0.2) is 30.6 Å². The molecule has 1 aromatic heterocycles. The lowest BCUT2D eigenvalue weighted by Gasteiger charge is -2.22. The summed E-state index contributed by atoms with van der Waals surface area (Å²) in [6.45, 7) is 4.63. The molecule has 0 aliphatic rings. The van der Waals surface area contributed by atoms with Crippen LogP contribution in [-0.4, -0.2) is 38.8 Å². The zero-order valence-corrected chi connectivity index (χ0v) is 13.5. The van der Waals surface area contributed by atoms with Gasteiger partial charge in [-0.25, -0.2) is 9.78 Å². The highest BCUT2D eigenvalue weighted by molar-refractivity contribution is 5.90. The molecule has 2 amide bonds. The Morgan fingerprint density at radius 2 is 2.30 bits per heavy atom. The molecule has 0 saturated heterocycles. The summed E-state index contributed by atoms with van der Waals surface area (Å²) in [6.07, 6.45) is 1.63. The number of carbonyl (C=O) groups is 1. The molecule has 0 spiro atoms. The maximum atomic E-state index is 12.3. The second-order valence-corrected chi connectivity index (χ2v) is 5.32. The van der Waals surface area contributed by atoms with Gasteiger partial charge in [-0.15, -0.1) is 0 Å². The molecule has 1 N–H and O–H groups in total. The number of amides is 2. The van der Waals surface area contributed by atoms with Crippen LogP contribution in [0.2, 0.25) is 0 Å². The fraction of sp³-hybridized carbons (Fsp3) is 0.375. The van der Waals surface area contributed by atoms with Crippen LogP contribution in [0.3, 0.4) is 0 Å². The Kier molecular flexibility index (Phi) is 5.31. The maximum absolute atomic E-state index is 12.3. The number of nitrogens with zero attached hydrogens (tertiary/aromatic N) is 5. The number of nitriles is 1. The van der Waals surface area contributed by atoms with Gasteiger partial charge in [-0.2, -0.15) is 10.4 Å². The first-order chi connectivity index (χ1) is 11.0. The smallest absolute Gasteiger partial charge is 0.321 e. The van der Waals surface area contributed by atoms with Crippen molar-refractivity contribution in [2.24, 2.45) is 13.0 Å². The van der Waals surface area contributed by atoms with Gasteiger partial charge in [0.25, 0.3) is 0 Å². The van der Waals surface area contributed by atoms with Gasteiger partial charge in [0, 0.05) is 31.4 Å². The highest BCUT2D eigenvalue weighted by atomic mass is 16.2. The van der Waals surface area contributed by atoms with Crippen LogP contribution in [-0.2, 0) is 7.05 Å². The van der Waals surface area contributed by atoms with Gasteiger partial charge in [-0.3, -0.25) is 4.68 Å². The molecule has 120 valence electrons. The molecule has 7 heteroatoms. The second-order valence-electron chi connectivity index (χ2n) is 5.32. The molecule has 2 rings (SSSR count). The van der Waals surface area contributed by atoms with Gasteiger partial charge in [0.2, 0.25) is 0 Å². The maximum Gasteiger partial charge on any atom is 0.321 e. The monoisotopic (exact) mass is 312 g/mol. The van der Waals surface area contributed by atoms with Gasteiger partial charge in [-0.05, 0) is 26.0 Å². The van der Waals surface area contributed by atoms with E-state index in [0.717, 1.165) is 5.56 Å². The number of carbonyl (C=O) groups excluding carboxylic acids is 1. The van der Waals surface area contributed by atoms with E-state index in [4.69, 9.17) is 5.26 Å². The predicted molar refractivity (Wildman–Crippen MR) is 87.5 cm³/mol. The van der Waals surface area contributed by atoms with Gasteiger partial charge in [0.05, 0.1) is 12.0 Å². The van der Waals surface area contributed by atoms with Crippen LogP contribution in [0.25, 0.3) is 11.4 Å². The molecule has 1 atom stereocenters. The molecule has 1 heterocycles. The molecular formula is C16H20N6O. The zero-order valence-electron chi connectivity index (χ0n) is 13.5. The first-order valence-corrected chi connectivity index (χ1v) is 7.45. The number of benzene rings is 1. The normalized spacial score (nSPS) is 11.6. The molecule has 2 aromatic rings. The highest BCUT2D eigenvalue weighted by Gasteiger charge is 2.15. The van der Waals surface area contributed by atoms with Crippen molar-refractivity contribution in [3.8, 4) is 17.5 Å². The standard InChI is InChI=1S/C16H20N6O/c1-4-22(10-12(2)9-17)16(23)19-14-7-5-6-13(8-14)15-18-11-21(3)20-15/h5-8,11-12H,4,10H2,1-3H3,(H,19,23)/t12-/m1/s1. The van der Waals surface area contributed by atoms with E-state index in [9.17, 15) is 4.79 Å². The molecule has 0 bridgehead atoms. The molecule has 0 radical (unpaired) electrons. The fourth-order valence-corrected chi connectivity index (χ4v) is 2.14. The van der Waals surface area contributed by atoms with Crippen LogP contribution in [0, 0.1) is 17.2 Å².